The number of hydrogen-bond acceptors (Lipinski definition) is 5. The van der Waals surface area contributed by atoms with E-state index >= 15 is 0 Å². The van der Waals surface area contributed by atoms with E-state index in [2.05, 4.69) is 74.4 Å². The lowest BCUT2D eigenvalue weighted by Gasteiger charge is -2.14. The summed E-state index contributed by atoms with van der Waals surface area (Å²) in [7, 11) is 1.69. The molecular formula is C31H40N4O. The van der Waals surface area contributed by atoms with E-state index in [1.165, 1.54) is 27.8 Å². The highest BCUT2D eigenvalue weighted by Gasteiger charge is 2.13. The summed E-state index contributed by atoms with van der Waals surface area (Å²) in [5.41, 5.74) is 16.3. The maximum atomic E-state index is 6.17. The topological polar surface area (TPSA) is 72.5 Å². The van der Waals surface area contributed by atoms with Crippen molar-refractivity contribution >= 4 is 28.9 Å². The van der Waals surface area contributed by atoms with Gasteiger partial charge >= 0.3 is 0 Å². The van der Waals surface area contributed by atoms with Gasteiger partial charge in [-0.05, 0) is 79.6 Å². The molecule has 0 amide bonds. The van der Waals surface area contributed by atoms with E-state index in [-0.39, 0.29) is 0 Å². The maximum absolute atomic E-state index is 6.17. The third kappa shape index (κ3) is 7.28. The molecule has 1 heterocycles. The average Bonchev–Trinajstić information content (AvgIpc) is 2.86. The zero-order valence-corrected chi connectivity index (χ0v) is 22.6. The smallest absolute Gasteiger partial charge is 0.124 e. The molecule has 0 bridgehead atoms. The fourth-order valence-corrected chi connectivity index (χ4v) is 4.29. The minimum Gasteiger partial charge on any atom is -0.497 e. The predicted octanol–water partition coefficient (Wildman–Crippen LogP) is 7.42. The van der Waals surface area contributed by atoms with E-state index in [4.69, 9.17) is 15.5 Å². The second-order valence-electron chi connectivity index (χ2n) is 9.29. The monoisotopic (exact) mass is 484 g/mol. The highest BCUT2D eigenvalue weighted by atomic mass is 16.5. The molecule has 190 valence electrons. The van der Waals surface area contributed by atoms with Crippen molar-refractivity contribution in [2.24, 2.45) is 4.99 Å². The highest BCUT2D eigenvalue weighted by Crippen LogP contribution is 2.34. The number of aromatic nitrogens is 1. The Labute approximate surface area is 216 Å². The molecule has 0 radical (unpaired) electrons. The van der Waals surface area contributed by atoms with Gasteiger partial charge in [-0.2, -0.15) is 0 Å². The third-order valence-corrected chi connectivity index (χ3v) is 6.32. The standard InChI is InChI=1S/C31H40N4O/c1-7-9-22(4)34-31-23(5)35-30(32)18-29(31)26(8-2)17-27-16-25(11-10-21(27)3)20-33-19-24-12-14-28(36-6)15-13-24/h10-18,33H,7-9,19-20H2,1-6H3,(H2,32,35)/b26-17+,34-22?. The molecule has 0 aliphatic carbocycles. The number of aryl methyl sites for hydroxylation is 2. The molecule has 1 aromatic heterocycles. The Kier molecular flexibility index (Phi) is 9.83. The van der Waals surface area contributed by atoms with Gasteiger partial charge in [0.15, 0.2) is 0 Å². The van der Waals surface area contributed by atoms with Gasteiger partial charge in [-0.25, -0.2) is 4.98 Å². The van der Waals surface area contributed by atoms with E-state index in [0.29, 0.717) is 5.82 Å². The van der Waals surface area contributed by atoms with Gasteiger partial charge in [0.05, 0.1) is 18.5 Å². The number of rotatable bonds is 11. The number of pyridine rings is 1. The molecule has 0 aliphatic rings. The lowest BCUT2D eigenvalue weighted by Crippen LogP contribution is -2.12. The van der Waals surface area contributed by atoms with Gasteiger partial charge in [-0.15, -0.1) is 0 Å². The summed E-state index contributed by atoms with van der Waals surface area (Å²) in [6.45, 7) is 12.2. The minimum atomic E-state index is 0.530. The van der Waals surface area contributed by atoms with Crippen molar-refractivity contribution in [3.63, 3.8) is 0 Å². The Bertz CT molecular complexity index is 1230. The molecule has 5 nitrogen and oxygen atoms in total. The van der Waals surface area contributed by atoms with Crippen LogP contribution in [0.4, 0.5) is 11.5 Å². The van der Waals surface area contributed by atoms with Crippen molar-refractivity contribution in [1.29, 1.82) is 0 Å². The number of aliphatic imine (C=N–C) groups is 1. The van der Waals surface area contributed by atoms with Crippen LogP contribution in [0.5, 0.6) is 5.75 Å². The number of anilines is 1. The number of nitrogens with one attached hydrogen (secondary N) is 1. The Balaban J connectivity index is 1.87. The third-order valence-electron chi connectivity index (χ3n) is 6.32. The first-order valence-corrected chi connectivity index (χ1v) is 12.8. The fraction of sp³-hybridized carbons (Fsp3) is 0.355. The quantitative estimate of drug-likeness (QED) is 0.278. The number of nitrogens with two attached hydrogens (primary N) is 1. The van der Waals surface area contributed by atoms with Crippen LogP contribution >= 0.6 is 0 Å². The van der Waals surface area contributed by atoms with Crippen LogP contribution in [0, 0.1) is 13.8 Å². The molecule has 0 saturated carbocycles. The van der Waals surface area contributed by atoms with Gasteiger partial charge in [0, 0.05) is 24.4 Å². The molecule has 0 unspecified atom stereocenters. The number of nitrogen functional groups attached to an aromatic ring is 1. The lowest BCUT2D eigenvalue weighted by molar-refractivity contribution is 0.414. The molecule has 3 aromatic rings. The second kappa shape index (κ2) is 13.0. The molecule has 3 rings (SSSR count). The van der Waals surface area contributed by atoms with Crippen LogP contribution in [-0.2, 0) is 13.1 Å². The summed E-state index contributed by atoms with van der Waals surface area (Å²) < 4.78 is 5.25. The predicted molar refractivity (Wildman–Crippen MR) is 154 cm³/mol. The Morgan fingerprint density at radius 2 is 1.72 bits per heavy atom. The summed E-state index contributed by atoms with van der Waals surface area (Å²) in [6.07, 6.45) is 5.20. The normalized spacial score (nSPS) is 12.2. The molecule has 36 heavy (non-hydrogen) atoms. The van der Waals surface area contributed by atoms with Crippen LogP contribution in [0.15, 0.2) is 53.5 Å². The zero-order valence-electron chi connectivity index (χ0n) is 22.6. The van der Waals surface area contributed by atoms with Gasteiger partial charge in [-0.1, -0.05) is 56.7 Å². The van der Waals surface area contributed by atoms with E-state index < -0.39 is 0 Å². The Morgan fingerprint density at radius 3 is 2.39 bits per heavy atom. The van der Waals surface area contributed by atoms with Crippen molar-refractivity contribution in [3.05, 3.63) is 82.0 Å². The van der Waals surface area contributed by atoms with Crippen molar-refractivity contribution in [2.45, 2.75) is 67.0 Å². The Morgan fingerprint density at radius 1 is 1.03 bits per heavy atom. The number of methoxy groups -OCH3 is 1. The molecule has 3 N–H and O–H groups in total. The highest BCUT2D eigenvalue weighted by molar-refractivity contribution is 5.91. The largest absolute Gasteiger partial charge is 0.497 e. The van der Waals surface area contributed by atoms with E-state index in [9.17, 15) is 0 Å². The van der Waals surface area contributed by atoms with Gasteiger partial charge in [0.2, 0.25) is 0 Å². The SMILES string of the molecule is CCCC(C)=Nc1c(/C(=C/c2cc(CNCc3ccc(OC)cc3)ccc2C)CC)cc(N)nc1C. The minimum absolute atomic E-state index is 0.530. The van der Waals surface area contributed by atoms with Crippen molar-refractivity contribution in [1.82, 2.24) is 10.3 Å². The first-order chi connectivity index (χ1) is 17.3. The summed E-state index contributed by atoms with van der Waals surface area (Å²) in [6, 6.07) is 16.8. The second-order valence-corrected chi connectivity index (χ2v) is 9.29. The number of nitrogens with zero attached hydrogens (tertiary/aromatic N) is 2. The molecule has 0 saturated heterocycles. The molecule has 0 atom stereocenters. The Hall–Kier alpha value is -3.44. The molecule has 2 aromatic carbocycles. The number of allylic oxidation sites excluding steroid dienone is 1. The lowest BCUT2D eigenvalue weighted by atomic mass is 9.96. The van der Waals surface area contributed by atoms with Crippen molar-refractivity contribution in [2.75, 3.05) is 12.8 Å². The van der Waals surface area contributed by atoms with Crippen LogP contribution in [0.2, 0.25) is 0 Å². The van der Waals surface area contributed by atoms with Crippen LogP contribution in [0.1, 0.15) is 73.5 Å². The van der Waals surface area contributed by atoms with Crippen molar-refractivity contribution < 1.29 is 4.74 Å². The zero-order chi connectivity index (χ0) is 26.1. The van der Waals surface area contributed by atoms with Gasteiger partial charge in [0.25, 0.3) is 0 Å². The molecule has 0 fully saturated rings. The number of ether oxygens (including phenoxy) is 1. The molecule has 0 spiro atoms. The van der Waals surface area contributed by atoms with E-state index in [1.807, 2.05) is 25.1 Å². The fourth-order valence-electron chi connectivity index (χ4n) is 4.29. The summed E-state index contributed by atoms with van der Waals surface area (Å²) in [5.74, 6) is 1.41. The first kappa shape index (κ1) is 27.2. The summed E-state index contributed by atoms with van der Waals surface area (Å²) >= 11 is 0. The molecule has 0 aliphatic heterocycles. The number of benzene rings is 2. The van der Waals surface area contributed by atoms with Gasteiger partial charge in [-0.3, -0.25) is 4.99 Å². The maximum Gasteiger partial charge on any atom is 0.124 e. The van der Waals surface area contributed by atoms with Crippen LogP contribution in [0.3, 0.4) is 0 Å². The summed E-state index contributed by atoms with van der Waals surface area (Å²) in [5, 5.41) is 3.55. The van der Waals surface area contributed by atoms with Gasteiger partial charge in [0.1, 0.15) is 11.6 Å². The van der Waals surface area contributed by atoms with Gasteiger partial charge < -0.3 is 15.8 Å². The molecule has 5 heteroatoms. The first-order valence-electron chi connectivity index (χ1n) is 12.8. The van der Waals surface area contributed by atoms with E-state index in [1.54, 1.807) is 7.11 Å². The molecular weight excluding hydrogens is 444 g/mol. The summed E-state index contributed by atoms with van der Waals surface area (Å²) in [4.78, 5) is 9.46. The average molecular weight is 485 g/mol. The number of hydrogen-bond donors (Lipinski definition) is 2. The van der Waals surface area contributed by atoms with Crippen LogP contribution in [0.25, 0.3) is 11.6 Å². The van der Waals surface area contributed by atoms with E-state index in [0.717, 1.165) is 60.8 Å². The van der Waals surface area contributed by atoms with Crippen molar-refractivity contribution in [3.8, 4) is 5.75 Å². The van der Waals surface area contributed by atoms with Crippen LogP contribution in [-0.4, -0.2) is 17.8 Å². The van der Waals surface area contributed by atoms with Crippen LogP contribution < -0.4 is 15.8 Å².